The first kappa shape index (κ1) is 27.4. The van der Waals surface area contributed by atoms with Gasteiger partial charge in [0, 0.05) is 18.8 Å². The fraction of sp³-hybridized carbons (Fsp3) is 0.393. The minimum Gasteiger partial charge on any atom is -0.465 e. The van der Waals surface area contributed by atoms with Crippen molar-refractivity contribution in [2.24, 2.45) is 0 Å². The minimum absolute atomic E-state index is 0.209. The Balaban J connectivity index is 1.59. The molecular formula is C28H33N7O4. The molecule has 204 valence electrons. The second-order valence-corrected chi connectivity index (χ2v) is 9.60. The molecule has 0 radical (unpaired) electrons. The first-order valence-corrected chi connectivity index (χ1v) is 13.0. The van der Waals surface area contributed by atoms with Gasteiger partial charge >= 0.3 is 12.0 Å². The predicted octanol–water partition coefficient (Wildman–Crippen LogP) is 3.06. The average Bonchev–Trinajstić information content (AvgIpc) is 3.62. The van der Waals surface area contributed by atoms with Crippen molar-refractivity contribution >= 4 is 34.6 Å². The number of fused-ring (bicyclic) bond motifs is 1. The quantitative estimate of drug-likeness (QED) is 0.310. The van der Waals surface area contributed by atoms with Crippen LogP contribution in [0.25, 0.3) is 11.0 Å². The molecule has 2 heterocycles. The van der Waals surface area contributed by atoms with Crippen molar-refractivity contribution < 1.29 is 19.1 Å². The van der Waals surface area contributed by atoms with E-state index in [0.29, 0.717) is 42.1 Å². The number of ether oxygens (including phenoxy) is 1. The molecule has 4 N–H and O–H groups in total. The number of rotatable bonds is 9. The maximum atomic E-state index is 13.8. The summed E-state index contributed by atoms with van der Waals surface area (Å²) in [6.07, 6.45) is 1.81. The number of aromatic nitrogens is 2. The van der Waals surface area contributed by atoms with E-state index in [9.17, 15) is 14.4 Å². The van der Waals surface area contributed by atoms with Gasteiger partial charge in [-0.2, -0.15) is 5.26 Å². The normalized spacial score (nSPS) is 14.4. The highest BCUT2D eigenvalue weighted by molar-refractivity contribution is 5.94. The first-order chi connectivity index (χ1) is 18.7. The van der Waals surface area contributed by atoms with Crippen LogP contribution in [0.3, 0.4) is 0 Å². The van der Waals surface area contributed by atoms with Crippen LogP contribution in [0.2, 0.25) is 0 Å². The van der Waals surface area contributed by atoms with E-state index < -0.39 is 17.5 Å². The molecule has 3 amide bonds. The van der Waals surface area contributed by atoms with Crippen molar-refractivity contribution in [2.75, 3.05) is 31.6 Å². The Morgan fingerprint density at radius 2 is 1.87 bits per heavy atom. The Morgan fingerprint density at radius 1 is 1.15 bits per heavy atom. The summed E-state index contributed by atoms with van der Waals surface area (Å²) in [5.74, 6) is -0.0780. The van der Waals surface area contributed by atoms with Crippen LogP contribution in [-0.2, 0) is 26.4 Å². The number of hydrogen-bond acceptors (Lipinski definition) is 7. The van der Waals surface area contributed by atoms with Crippen LogP contribution in [0.15, 0.2) is 36.4 Å². The van der Waals surface area contributed by atoms with Gasteiger partial charge in [-0.25, -0.2) is 9.78 Å². The lowest BCUT2D eigenvalue weighted by molar-refractivity contribution is -0.141. The Hall–Kier alpha value is -4.59. The number of carbonyl (C=O) groups is 3. The number of nitrogens with zero attached hydrogens (tertiary/aromatic N) is 3. The molecule has 11 nitrogen and oxygen atoms in total. The second kappa shape index (κ2) is 11.9. The van der Waals surface area contributed by atoms with Crippen molar-refractivity contribution in [1.29, 1.82) is 5.26 Å². The second-order valence-electron chi connectivity index (χ2n) is 9.60. The number of hydrogen-bond donors (Lipinski definition) is 4. The lowest BCUT2D eigenvalue weighted by Crippen LogP contribution is -2.57. The van der Waals surface area contributed by atoms with Crippen molar-refractivity contribution in [2.45, 2.75) is 45.7 Å². The highest BCUT2D eigenvalue weighted by Crippen LogP contribution is 2.32. The van der Waals surface area contributed by atoms with Crippen LogP contribution >= 0.6 is 0 Å². The molecule has 1 unspecified atom stereocenters. The number of likely N-dealkylation sites (tertiary alicyclic amines) is 1. The molecule has 0 saturated carbocycles. The average molecular weight is 532 g/mol. The molecule has 1 atom stereocenters. The molecule has 1 saturated heterocycles. The van der Waals surface area contributed by atoms with Crippen molar-refractivity contribution in [1.82, 2.24) is 25.5 Å². The topological polar surface area (TPSA) is 152 Å². The number of aromatic amines is 1. The third-order valence-corrected chi connectivity index (χ3v) is 6.85. The number of urea groups is 1. The zero-order valence-electron chi connectivity index (χ0n) is 22.4. The summed E-state index contributed by atoms with van der Waals surface area (Å²) in [5.41, 5.74) is 2.93. The van der Waals surface area contributed by atoms with Crippen LogP contribution in [0.5, 0.6) is 0 Å². The smallest absolute Gasteiger partial charge is 0.325 e. The molecular weight excluding hydrogens is 498 g/mol. The standard InChI is InChI=1S/C28H33N7O4/c1-4-39-24(36)17-31-27(38)34-28(3,26(37)35-13-5-6-14-35)21-11-12-22-25(18(21)2)33-23(32-22)16-30-20-9-7-19(15-29)8-10-20/h7-12,30H,4-6,13-14,16-17H2,1-3H3,(H,32,33)(H2,31,34,38). The van der Waals surface area contributed by atoms with E-state index in [0.717, 1.165) is 29.6 Å². The van der Waals surface area contributed by atoms with E-state index >= 15 is 0 Å². The Kier molecular flexibility index (Phi) is 8.34. The lowest BCUT2D eigenvalue weighted by Gasteiger charge is -2.35. The third-order valence-electron chi connectivity index (χ3n) is 6.85. The van der Waals surface area contributed by atoms with Gasteiger partial charge in [-0.15, -0.1) is 0 Å². The van der Waals surface area contributed by atoms with E-state index in [1.54, 1.807) is 30.9 Å². The van der Waals surface area contributed by atoms with Gasteiger partial charge in [-0.1, -0.05) is 6.07 Å². The highest BCUT2D eigenvalue weighted by Gasteiger charge is 2.42. The van der Waals surface area contributed by atoms with Crippen LogP contribution in [0, 0.1) is 18.3 Å². The number of carbonyl (C=O) groups excluding carboxylic acids is 3. The lowest BCUT2D eigenvalue weighted by atomic mass is 9.86. The summed E-state index contributed by atoms with van der Waals surface area (Å²) in [6.45, 7) is 6.82. The SMILES string of the molecule is CCOC(=O)CNC(=O)NC(C)(C(=O)N1CCCC1)c1ccc2[nH]c(CNc3ccc(C#N)cc3)nc2c1C. The zero-order valence-corrected chi connectivity index (χ0v) is 22.4. The molecule has 0 bridgehead atoms. The number of amides is 3. The monoisotopic (exact) mass is 531 g/mol. The third kappa shape index (κ3) is 6.12. The molecule has 2 aromatic carbocycles. The van der Waals surface area contributed by atoms with Crippen LogP contribution in [0.1, 0.15) is 49.2 Å². The number of nitriles is 1. The van der Waals surface area contributed by atoms with E-state index in [1.807, 2.05) is 31.2 Å². The molecule has 1 aromatic heterocycles. The number of nitrogens with one attached hydrogen (secondary N) is 4. The molecule has 1 aliphatic heterocycles. The van der Waals surface area contributed by atoms with Gasteiger partial charge in [0.1, 0.15) is 17.9 Å². The molecule has 4 rings (SSSR count). The first-order valence-electron chi connectivity index (χ1n) is 13.0. The van der Waals surface area contributed by atoms with Gasteiger partial charge in [-0.05, 0) is 75.1 Å². The van der Waals surface area contributed by atoms with Crippen molar-refractivity contribution in [3.8, 4) is 6.07 Å². The van der Waals surface area contributed by atoms with Crippen molar-refractivity contribution in [3.05, 3.63) is 58.9 Å². The number of imidazole rings is 1. The highest BCUT2D eigenvalue weighted by atomic mass is 16.5. The van der Waals surface area contributed by atoms with Gasteiger partial charge < -0.3 is 30.6 Å². The maximum absolute atomic E-state index is 13.8. The summed E-state index contributed by atoms with van der Waals surface area (Å²) in [5, 5.41) is 17.6. The minimum atomic E-state index is -1.39. The molecule has 0 aliphatic carbocycles. The predicted molar refractivity (Wildman–Crippen MR) is 146 cm³/mol. The number of H-pyrrole nitrogens is 1. The van der Waals surface area contributed by atoms with E-state index in [-0.39, 0.29) is 19.1 Å². The number of benzene rings is 2. The van der Waals surface area contributed by atoms with Gasteiger partial charge in [0.2, 0.25) is 0 Å². The van der Waals surface area contributed by atoms with Gasteiger partial charge in [0.05, 0.1) is 35.8 Å². The summed E-state index contributed by atoms with van der Waals surface area (Å²) >= 11 is 0. The fourth-order valence-electron chi connectivity index (χ4n) is 4.85. The van der Waals surface area contributed by atoms with Gasteiger partial charge in [0.15, 0.2) is 0 Å². The number of esters is 1. The molecule has 1 aliphatic rings. The Labute approximate surface area is 226 Å². The molecule has 11 heteroatoms. The van der Waals surface area contributed by atoms with Crippen LogP contribution < -0.4 is 16.0 Å². The van der Waals surface area contributed by atoms with Gasteiger partial charge in [0.25, 0.3) is 5.91 Å². The summed E-state index contributed by atoms with van der Waals surface area (Å²) < 4.78 is 4.88. The summed E-state index contributed by atoms with van der Waals surface area (Å²) in [7, 11) is 0. The van der Waals surface area contributed by atoms with Crippen LogP contribution in [-0.4, -0.2) is 59.0 Å². The molecule has 3 aromatic rings. The van der Waals surface area contributed by atoms with Crippen molar-refractivity contribution in [3.63, 3.8) is 0 Å². The zero-order chi connectivity index (χ0) is 28.0. The largest absolute Gasteiger partial charge is 0.465 e. The molecule has 39 heavy (non-hydrogen) atoms. The molecule has 0 spiro atoms. The number of aryl methyl sites for hydroxylation is 1. The number of anilines is 1. The Bertz CT molecular complexity index is 1400. The maximum Gasteiger partial charge on any atom is 0.325 e. The fourth-order valence-corrected chi connectivity index (χ4v) is 4.85. The summed E-state index contributed by atoms with van der Waals surface area (Å²) in [6, 6.07) is 12.3. The van der Waals surface area contributed by atoms with E-state index in [1.165, 1.54) is 0 Å². The van der Waals surface area contributed by atoms with Gasteiger partial charge in [-0.3, -0.25) is 9.59 Å². The van der Waals surface area contributed by atoms with E-state index in [4.69, 9.17) is 15.0 Å². The Morgan fingerprint density at radius 3 is 2.54 bits per heavy atom. The molecule has 1 fully saturated rings. The van der Waals surface area contributed by atoms with Crippen LogP contribution in [0.4, 0.5) is 10.5 Å². The van der Waals surface area contributed by atoms with E-state index in [2.05, 4.69) is 27.0 Å². The summed E-state index contributed by atoms with van der Waals surface area (Å²) in [4.78, 5) is 48.2.